The van der Waals surface area contributed by atoms with Crippen LogP contribution in [0, 0.1) is 17.8 Å². The minimum atomic E-state index is 0.0762. The third-order valence-corrected chi connectivity index (χ3v) is 5.39. The number of hydrogen-bond donors (Lipinski definition) is 1. The SMILES string of the molecule is CN(C[C@@H]1CCCCO1)C(=O)[C@H]1[C@H]2CC[C@@H](C2)[C@@H]1N. The normalized spacial score (nSPS) is 41.5. The second kappa shape index (κ2) is 5.41. The molecule has 1 amide bonds. The fourth-order valence-corrected chi connectivity index (χ4v) is 4.30. The average Bonchev–Trinajstić information content (AvgIpc) is 3.00. The van der Waals surface area contributed by atoms with Crippen molar-refractivity contribution in [2.75, 3.05) is 20.2 Å². The third-order valence-electron chi connectivity index (χ3n) is 5.39. The van der Waals surface area contributed by atoms with E-state index < -0.39 is 0 Å². The van der Waals surface area contributed by atoms with Crippen LogP contribution in [-0.2, 0) is 9.53 Å². The van der Waals surface area contributed by atoms with Crippen LogP contribution in [0.2, 0.25) is 0 Å². The molecule has 1 heterocycles. The second-order valence-electron chi connectivity index (χ2n) is 6.64. The Kier molecular flexibility index (Phi) is 3.81. The zero-order chi connectivity index (χ0) is 13.4. The summed E-state index contributed by atoms with van der Waals surface area (Å²) in [4.78, 5) is 14.5. The minimum absolute atomic E-state index is 0.0762. The average molecular weight is 266 g/mol. The Bertz CT molecular complexity index is 339. The Labute approximate surface area is 115 Å². The van der Waals surface area contributed by atoms with E-state index in [9.17, 15) is 4.79 Å². The molecule has 2 saturated carbocycles. The van der Waals surface area contributed by atoms with E-state index in [0.717, 1.165) is 26.0 Å². The van der Waals surface area contributed by atoms with E-state index in [1.807, 2.05) is 11.9 Å². The van der Waals surface area contributed by atoms with E-state index in [2.05, 4.69) is 0 Å². The molecular formula is C15H26N2O2. The summed E-state index contributed by atoms with van der Waals surface area (Å²) >= 11 is 0. The fraction of sp³-hybridized carbons (Fsp3) is 0.933. The number of nitrogens with zero attached hydrogens (tertiary/aromatic N) is 1. The number of rotatable bonds is 3. The summed E-state index contributed by atoms with van der Waals surface area (Å²) in [6.45, 7) is 1.58. The predicted molar refractivity (Wildman–Crippen MR) is 73.5 cm³/mol. The Hall–Kier alpha value is -0.610. The lowest BCUT2D eigenvalue weighted by molar-refractivity contribution is -0.138. The molecule has 0 unspecified atom stereocenters. The van der Waals surface area contributed by atoms with Gasteiger partial charge in [0.2, 0.25) is 5.91 Å². The number of hydrogen-bond acceptors (Lipinski definition) is 3. The minimum Gasteiger partial charge on any atom is -0.376 e. The van der Waals surface area contributed by atoms with E-state index in [0.29, 0.717) is 11.8 Å². The summed E-state index contributed by atoms with van der Waals surface area (Å²) in [5.74, 6) is 1.47. The summed E-state index contributed by atoms with van der Waals surface area (Å²) < 4.78 is 5.73. The highest BCUT2D eigenvalue weighted by Gasteiger charge is 2.49. The van der Waals surface area contributed by atoms with Gasteiger partial charge >= 0.3 is 0 Å². The first kappa shape index (κ1) is 13.4. The first-order valence-corrected chi connectivity index (χ1v) is 7.79. The lowest BCUT2D eigenvalue weighted by atomic mass is 9.84. The van der Waals surface area contributed by atoms with Crippen LogP contribution in [0.3, 0.4) is 0 Å². The molecule has 0 aromatic carbocycles. The first-order valence-electron chi connectivity index (χ1n) is 7.79. The summed E-state index contributed by atoms with van der Waals surface area (Å²) in [5, 5.41) is 0. The van der Waals surface area contributed by atoms with Crippen molar-refractivity contribution in [3.05, 3.63) is 0 Å². The van der Waals surface area contributed by atoms with Gasteiger partial charge in [-0.25, -0.2) is 0 Å². The summed E-state index contributed by atoms with van der Waals surface area (Å²) in [7, 11) is 1.92. The quantitative estimate of drug-likeness (QED) is 0.840. The standard InChI is InChI=1S/C15H26N2O2/c1-17(9-12-4-2-3-7-19-12)15(18)13-10-5-6-11(8-10)14(13)16/h10-14H,2-9,16H2,1H3/t10-,11-,12-,13-,14-/m0/s1. The molecule has 0 spiro atoms. The highest BCUT2D eigenvalue weighted by Crippen LogP contribution is 2.48. The number of carbonyl (C=O) groups excluding carboxylic acids is 1. The van der Waals surface area contributed by atoms with Gasteiger partial charge in [-0.1, -0.05) is 0 Å². The lowest BCUT2D eigenvalue weighted by Gasteiger charge is -2.33. The van der Waals surface area contributed by atoms with Crippen molar-refractivity contribution in [2.45, 2.75) is 50.7 Å². The number of carbonyl (C=O) groups is 1. The topological polar surface area (TPSA) is 55.6 Å². The van der Waals surface area contributed by atoms with Gasteiger partial charge in [0.1, 0.15) is 0 Å². The molecule has 2 bridgehead atoms. The number of likely N-dealkylation sites (N-methyl/N-ethyl adjacent to an activating group) is 1. The van der Waals surface area contributed by atoms with Crippen LogP contribution in [0.5, 0.6) is 0 Å². The van der Waals surface area contributed by atoms with Crippen LogP contribution >= 0.6 is 0 Å². The molecule has 4 heteroatoms. The molecule has 1 aliphatic heterocycles. The number of nitrogens with two attached hydrogens (primary N) is 1. The summed E-state index contributed by atoms with van der Waals surface area (Å²) in [6, 6.07) is 0.0981. The van der Waals surface area contributed by atoms with Gasteiger partial charge in [0, 0.05) is 26.2 Å². The molecular weight excluding hydrogens is 240 g/mol. The Morgan fingerprint density at radius 3 is 2.68 bits per heavy atom. The van der Waals surface area contributed by atoms with Crippen LogP contribution in [0.1, 0.15) is 38.5 Å². The van der Waals surface area contributed by atoms with Crippen LogP contribution < -0.4 is 5.73 Å². The van der Waals surface area contributed by atoms with Crippen molar-refractivity contribution in [3.63, 3.8) is 0 Å². The van der Waals surface area contributed by atoms with Crippen molar-refractivity contribution in [3.8, 4) is 0 Å². The van der Waals surface area contributed by atoms with E-state index in [1.54, 1.807) is 0 Å². The van der Waals surface area contributed by atoms with Crippen molar-refractivity contribution in [1.29, 1.82) is 0 Å². The van der Waals surface area contributed by atoms with E-state index >= 15 is 0 Å². The van der Waals surface area contributed by atoms with Gasteiger partial charge in [-0.05, 0) is 50.4 Å². The summed E-state index contributed by atoms with van der Waals surface area (Å²) in [6.07, 6.45) is 7.29. The van der Waals surface area contributed by atoms with Crippen molar-refractivity contribution >= 4 is 5.91 Å². The van der Waals surface area contributed by atoms with Gasteiger partial charge in [-0.15, -0.1) is 0 Å². The first-order chi connectivity index (χ1) is 9.16. The molecule has 1 saturated heterocycles. The molecule has 3 rings (SSSR count). The fourth-order valence-electron chi connectivity index (χ4n) is 4.30. The molecule has 108 valence electrons. The van der Waals surface area contributed by atoms with Gasteiger partial charge in [0.25, 0.3) is 0 Å². The molecule has 5 atom stereocenters. The van der Waals surface area contributed by atoms with Gasteiger partial charge in [0.15, 0.2) is 0 Å². The number of fused-ring (bicyclic) bond motifs is 2. The highest BCUT2D eigenvalue weighted by molar-refractivity contribution is 5.80. The van der Waals surface area contributed by atoms with Crippen LogP contribution in [0.4, 0.5) is 0 Å². The molecule has 2 N–H and O–H groups in total. The molecule has 3 aliphatic rings. The molecule has 2 aliphatic carbocycles. The molecule has 4 nitrogen and oxygen atoms in total. The summed E-state index contributed by atoms with van der Waals surface area (Å²) in [5.41, 5.74) is 6.26. The van der Waals surface area contributed by atoms with Crippen LogP contribution in [0.15, 0.2) is 0 Å². The largest absolute Gasteiger partial charge is 0.376 e. The molecule has 3 fully saturated rings. The van der Waals surface area contributed by atoms with Crippen molar-refractivity contribution < 1.29 is 9.53 Å². The second-order valence-corrected chi connectivity index (χ2v) is 6.64. The number of amides is 1. The van der Waals surface area contributed by atoms with E-state index in [-0.39, 0.29) is 24.0 Å². The smallest absolute Gasteiger partial charge is 0.227 e. The monoisotopic (exact) mass is 266 g/mol. The zero-order valence-corrected chi connectivity index (χ0v) is 11.9. The lowest BCUT2D eigenvalue weighted by Crippen LogP contribution is -2.48. The Morgan fingerprint density at radius 2 is 2.05 bits per heavy atom. The predicted octanol–water partition coefficient (Wildman–Crippen LogP) is 1.39. The molecule has 0 radical (unpaired) electrons. The molecule has 0 aromatic heterocycles. The van der Waals surface area contributed by atoms with E-state index in [1.165, 1.54) is 25.7 Å². The Morgan fingerprint density at radius 1 is 1.26 bits per heavy atom. The maximum Gasteiger partial charge on any atom is 0.227 e. The van der Waals surface area contributed by atoms with Gasteiger partial charge in [-0.2, -0.15) is 0 Å². The van der Waals surface area contributed by atoms with Crippen molar-refractivity contribution in [1.82, 2.24) is 4.90 Å². The van der Waals surface area contributed by atoms with Gasteiger partial charge in [-0.3, -0.25) is 4.79 Å². The maximum absolute atomic E-state index is 12.6. The van der Waals surface area contributed by atoms with Crippen LogP contribution in [-0.4, -0.2) is 43.2 Å². The van der Waals surface area contributed by atoms with Gasteiger partial charge < -0.3 is 15.4 Å². The van der Waals surface area contributed by atoms with Crippen molar-refractivity contribution in [2.24, 2.45) is 23.5 Å². The molecule has 0 aromatic rings. The zero-order valence-electron chi connectivity index (χ0n) is 11.9. The maximum atomic E-state index is 12.6. The third kappa shape index (κ3) is 2.52. The number of ether oxygens (including phenoxy) is 1. The molecule has 19 heavy (non-hydrogen) atoms. The highest BCUT2D eigenvalue weighted by atomic mass is 16.5. The van der Waals surface area contributed by atoms with E-state index in [4.69, 9.17) is 10.5 Å². The Balaban J connectivity index is 1.57. The van der Waals surface area contributed by atoms with Crippen LogP contribution in [0.25, 0.3) is 0 Å². The van der Waals surface area contributed by atoms with Gasteiger partial charge in [0.05, 0.1) is 12.0 Å².